The van der Waals surface area contributed by atoms with Crippen molar-refractivity contribution in [2.24, 2.45) is 5.84 Å². The molecule has 1 unspecified atom stereocenters. The summed E-state index contributed by atoms with van der Waals surface area (Å²) >= 11 is 0. The molecule has 2 rings (SSSR count). The van der Waals surface area contributed by atoms with Crippen LogP contribution in [0.1, 0.15) is 23.7 Å². The van der Waals surface area contributed by atoms with Gasteiger partial charge in [-0.05, 0) is 18.6 Å². The van der Waals surface area contributed by atoms with Crippen LogP contribution >= 0.6 is 0 Å². The summed E-state index contributed by atoms with van der Waals surface area (Å²) in [6, 6.07) is 3.45. The predicted molar refractivity (Wildman–Crippen MR) is 68.0 cm³/mol. The van der Waals surface area contributed by atoms with Gasteiger partial charge in [0.2, 0.25) is 0 Å². The number of carbonyl (C=O) groups excluding carboxylic acids is 1. The van der Waals surface area contributed by atoms with Crippen LogP contribution in [0.25, 0.3) is 0 Å². The summed E-state index contributed by atoms with van der Waals surface area (Å²) in [4.78, 5) is 18.2. The molecule has 0 spiro atoms. The Kier molecular flexibility index (Phi) is 4.11. The van der Waals surface area contributed by atoms with Crippen LogP contribution in [0, 0.1) is 0 Å². The van der Waals surface area contributed by atoms with Gasteiger partial charge in [0.15, 0.2) is 5.82 Å². The zero-order chi connectivity index (χ0) is 13.0. The summed E-state index contributed by atoms with van der Waals surface area (Å²) in [5, 5.41) is 0. The SMILES string of the molecule is CCC1CN(C(=O)c2cccnc2NN)CCO1. The van der Waals surface area contributed by atoms with Crippen LogP contribution in [-0.2, 0) is 4.74 Å². The number of aromatic nitrogens is 1. The monoisotopic (exact) mass is 250 g/mol. The molecular formula is C12H18N4O2. The van der Waals surface area contributed by atoms with Gasteiger partial charge < -0.3 is 15.1 Å². The van der Waals surface area contributed by atoms with Crippen molar-refractivity contribution >= 4 is 11.7 Å². The van der Waals surface area contributed by atoms with Crippen molar-refractivity contribution < 1.29 is 9.53 Å². The number of nitrogens with two attached hydrogens (primary N) is 1. The lowest BCUT2D eigenvalue weighted by Gasteiger charge is -2.32. The molecule has 1 fully saturated rings. The minimum Gasteiger partial charge on any atom is -0.375 e. The van der Waals surface area contributed by atoms with E-state index in [2.05, 4.69) is 17.3 Å². The fourth-order valence-corrected chi connectivity index (χ4v) is 2.01. The maximum absolute atomic E-state index is 12.4. The fraction of sp³-hybridized carbons (Fsp3) is 0.500. The zero-order valence-corrected chi connectivity index (χ0v) is 10.4. The van der Waals surface area contributed by atoms with Crippen LogP contribution in [0.4, 0.5) is 5.82 Å². The van der Waals surface area contributed by atoms with Crippen molar-refractivity contribution in [2.75, 3.05) is 25.1 Å². The minimum atomic E-state index is -0.0576. The van der Waals surface area contributed by atoms with Crippen molar-refractivity contribution in [1.29, 1.82) is 0 Å². The Bertz CT molecular complexity index is 424. The molecule has 6 heteroatoms. The topological polar surface area (TPSA) is 80.5 Å². The highest BCUT2D eigenvalue weighted by Gasteiger charge is 2.25. The fourth-order valence-electron chi connectivity index (χ4n) is 2.01. The van der Waals surface area contributed by atoms with E-state index < -0.39 is 0 Å². The van der Waals surface area contributed by atoms with Gasteiger partial charge in [0, 0.05) is 19.3 Å². The number of morpholine rings is 1. The number of ether oxygens (including phenoxy) is 1. The number of hydrogen-bond donors (Lipinski definition) is 2. The molecule has 6 nitrogen and oxygen atoms in total. The lowest BCUT2D eigenvalue weighted by molar-refractivity contribution is -0.0226. The molecule has 1 aliphatic rings. The summed E-state index contributed by atoms with van der Waals surface area (Å²) < 4.78 is 5.55. The Hall–Kier alpha value is -1.66. The van der Waals surface area contributed by atoms with Crippen molar-refractivity contribution in [2.45, 2.75) is 19.4 Å². The maximum atomic E-state index is 12.4. The second-order valence-electron chi connectivity index (χ2n) is 4.20. The molecule has 1 aromatic heterocycles. The van der Waals surface area contributed by atoms with Crippen LogP contribution in [0.5, 0.6) is 0 Å². The predicted octanol–water partition coefficient (Wildman–Crippen LogP) is 0.618. The molecule has 1 aliphatic heterocycles. The Morgan fingerprint density at radius 1 is 1.72 bits per heavy atom. The molecule has 1 amide bonds. The van der Waals surface area contributed by atoms with Crippen LogP contribution in [0.15, 0.2) is 18.3 Å². The molecule has 2 heterocycles. The van der Waals surface area contributed by atoms with Crippen molar-refractivity contribution in [1.82, 2.24) is 9.88 Å². The first kappa shape index (κ1) is 12.8. The highest BCUT2D eigenvalue weighted by atomic mass is 16.5. The van der Waals surface area contributed by atoms with Gasteiger partial charge in [0.05, 0.1) is 18.3 Å². The molecule has 0 bridgehead atoms. The third-order valence-corrected chi connectivity index (χ3v) is 3.06. The number of rotatable bonds is 3. The number of hydrazine groups is 1. The normalized spacial score (nSPS) is 19.7. The maximum Gasteiger partial charge on any atom is 0.257 e. The number of amides is 1. The number of nitrogens with one attached hydrogen (secondary N) is 1. The summed E-state index contributed by atoms with van der Waals surface area (Å²) in [5.41, 5.74) is 2.95. The standard InChI is InChI=1S/C12H18N4O2/c1-2-9-8-16(6-7-18-9)12(17)10-4-3-5-14-11(10)15-13/h3-5,9H,2,6-8,13H2,1H3,(H,14,15). The van der Waals surface area contributed by atoms with Gasteiger partial charge in [0.25, 0.3) is 5.91 Å². The first-order chi connectivity index (χ1) is 8.76. The molecule has 98 valence electrons. The molecule has 0 saturated carbocycles. The Morgan fingerprint density at radius 3 is 3.28 bits per heavy atom. The summed E-state index contributed by atoms with van der Waals surface area (Å²) in [7, 11) is 0. The highest BCUT2D eigenvalue weighted by Crippen LogP contribution is 2.16. The third-order valence-electron chi connectivity index (χ3n) is 3.06. The van der Waals surface area contributed by atoms with E-state index in [-0.39, 0.29) is 12.0 Å². The highest BCUT2D eigenvalue weighted by molar-refractivity contribution is 5.98. The molecule has 18 heavy (non-hydrogen) atoms. The smallest absolute Gasteiger partial charge is 0.257 e. The van der Waals surface area contributed by atoms with E-state index in [1.54, 1.807) is 23.2 Å². The van der Waals surface area contributed by atoms with Gasteiger partial charge in [-0.2, -0.15) is 0 Å². The number of anilines is 1. The molecule has 0 aromatic carbocycles. The molecule has 1 aromatic rings. The van der Waals surface area contributed by atoms with E-state index in [4.69, 9.17) is 10.6 Å². The number of hydrogen-bond acceptors (Lipinski definition) is 5. The Morgan fingerprint density at radius 2 is 2.56 bits per heavy atom. The Balaban J connectivity index is 2.15. The quantitative estimate of drug-likeness (QED) is 0.607. The largest absolute Gasteiger partial charge is 0.375 e. The third kappa shape index (κ3) is 2.60. The molecule has 3 N–H and O–H groups in total. The van der Waals surface area contributed by atoms with Crippen LogP contribution in [0.3, 0.4) is 0 Å². The van der Waals surface area contributed by atoms with Crippen molar-refractivity contribution in [3.63, 3.8) is 0 Å². The van der Waals surface area contributed by atoms with E-state index in [0.29, 0.717) is 31.1 Å². The Labute approximate surface area is 106 Å². The van der Waals surface area contributed by atoms with Gasteiger partial charge in [-0.1, -0.05) is 6.92 Å². The second-order valence-corrected chi connectivity index (χ2v) is 4.20. The van der Waals surface area contributed by atoms with E-state index >= 15 is 0 Å². The van der Waals surface area contributed by atoms with E-state index in [1.165, 1.54) is 0 Å². The van der Waals surface area contributed by atoms with Gasteiger partial charge in [-0.25, -0.2) is 10.8 Å². The van der Waals surface area contributed by atoms with Gasteiger partial charge >= 0.3 is 0 Å². The molecular weight excluding hydrogens is 232 g/mol. The molecule has 0 aliphatic carbocycles. The molecule has 0 radical (unpaired) electrons. The molecule has 1 atom stereocenters. The summed E-state index contributed by atoms with van der Waals surface area (Å²) in [6.45, 7) is 3.86. The van der Waals surface area contributed by atoms with Crippen LogP contribution in [-0.4, -0.2) is 41.6 Å². The van der Waals surface area contributed by atoms with Crippen molar-refractivity contribution in [3.8, 4) is 0 Å². The minimum absolute atomic E-state index is 0.0576. The van der Waals surface area contributed by atoms with E-state index in [9.17, 15) is 4.79 Å². The summed E-state index contributed by atoms with van der Waals surface area (Å²) in [5.74, 6) is 5.71. The summed E-state index contributed by atoms with van der Waals surface area (Å²) in [6.07, 6.45) is 2.62. The van der Waals surface area contributed by atoms with Crippen LogP contribution in [0.2, 0.25) is 0 Å². The lowest BCUT2D eigenvalue weighted by atomic mass is 10.1. The molecule has 1 saturated heterocycles. The van der Waals surface area contributed by atoms with Crippen LogP contribution < -0.4 is 11.3 Å². The first-order valence-electron chi connectivity index (χ1n) is 6.08. The zero-order valence-electron chi connectivity index (χ0n) is 10.4. The van der Waals surface area contributed by atoms with Crippen molar-refractivity contribution in [3.05, 3.63) is 23.9 Å². The first-order valence-corrected chi connectivity index (χ1v) is 6.08. The van der Waals surface area contributed by atoms with Gasteiger partial charge in [0.1, 0.15) is 0 Å². The average molecular weight is 250 g/mol. The second kappa shape index (κ2) is 5.79. The van der Waals surface area contributed by atoms with Gasteiger partial charge in [-0.3, -0.25) is 4.79 Å². The number of nitrogen functional groups attached to an aromatic ring is 1. The van der Waals surface area contributed by atoms with E-state index in [0.717, 1.165) is 6.42 Å². The number of pyridine rings is 1. The average Bonchev–Trinajstić information content (AvgIpc) is 2.46. The van der Waals surface area contributed by atoms with E-state index in [1.807, 2.05) is 0 Å². The number of nitrogens with zero attached hydrogens (tertiary/aromatic N) is 2. The number of carbonyl (C=O) groups is 1. The van der Waals surface area contributed by atoms with Gasteiger partial charge in [-0.15, -0.1) is 0 Å². The lowest BCUT2D eigenvalue weighted by Crippen LogP contribution is -2.45.